The van der Waals surface area contributed by atoms with Crippen LogP contribution in [0.1, 0.15) is 18.5 Å². The Morgan fingerprint density at radius 1 is 0.811 bits per heavy atom. The summed E-state index contributed by atoms with van der Waals surface area (Å²) < 4.78 is 18.2. The van der Waals surface area contributed by atoms with Crippen molar-refractivity contribution in [3.05, 3.63) is 78.6 Å². The van der Waals surface area contributed by atoms with Gasteiger partial charge in [0.2, 0.25) is 23.6 Å². The molecule has 0 saturated heterocycles. The Labute approximate surface area is 214 Å². The SMILES string of the molecule is COc1cc(Nc2ncnc(-n3c(N[C@@H](C)c4ccccc4)nc4ccccc43)n2)cc(OC)c1OC. The van der Waals surface area contributed by atoms with Crippen molar-refractivity contribution < 1.29 is 14.2 Å². The van der Waals surface area contributed by atoms with Crippen molar-refractivity contribution in [3.8, 4) is 23.2 Å². The number of hydrogen-bond donors (Lipinski definition) is 2. The molecule has 2 N–H and O–H groups in total. The molecule has 37 heavy (non-hydrogen) atoms. The Balaban J connectivity index is 1.52. The van der Waals surface area contributed by atoms with Crippen molar-refractivity contribution in [1.29, 1.82) is 0 Å². The van der Waals surface area contributed by atoms with Gasteiger partial charge in [0.1, 0.15) is 6.33 Å². The minimum Gasteiger partial charge on any atom is -0.493 e. The first kappa shape index (κ1) is 23.9. The molecular formula is C27H27N7O3. The molecule has 0 aliphatic heterocycles. The summed E-state index contributed by atoms with van der Waals surface area (Å²) >= 11 is 0. The van der Waals surface area contributed by atoms with Crippen LogP contribution in [0.25, 0.3) is 17.0 Å². The van der Waals surface area contributed by atoms with E-state index in [-0.39, 0.29) is 6.04 Å². The molecule has 0 bridgehead atoms. The molecule has 188 valence electrons. The third kappa shape index (κ3) is 4.81. The number of benzene rings is 3. The van der Waals surface area contributed by atoms with Crippen LogP contribution in [-0.4, -0.2) is 45.8 Å². The third-order valence-corrected chi connectivity index (χ3v) is 5.89. The lowest BCUT2D eigenvalue weighted by atomic mass is 10.1. The van der Waals surface area contributed by atoms with Gasteiger partial charge in [0.05, 0.1) is 38.4 Å². The number of imidazole rings is 1. The predicted molar refractivity (Wildman–Crippen MR) is 142 cm³/mol. The summed E-state index contributed by atoms with van der Waals surface area (Å²) in [4.78, 5) is 18.3. The highest BCUT2D eigenvalue weighted by atomic mass is 16.5. The van der Waals surface area contributed by atoms with E-state index in [1.54, 1.807) is 33.5 Å². The van der Waals surface area contributed by atoms with E-state index in [4.69, 9.17) is 24.2 Å². The molecule has 0 spiro atoms. The van der Waals surface area contributed by atoms with Crippen molar-refractivity contribution >= 4 is 28.6 Å². The number of hydrogen-bond acceptors (Lipinski definition) is 9. The first-order valence-corrected chi connectivity index (χ1v) is 11.7. The Hall–Kier alpha value is -4.86. The molecule has 0 radical (unpaired) electrons. The molecule has 10 heteroatoms. The summed E-state index contributed by atoms with van der Waals surface area (Å²) in [6, 6.07) is 21.6. The Morgan fingerprint density at radius 2 is 1.51 bits per heavy atom. The fourth-order valence-corrected chi connectivity index (χ4v) is 4.08. The van der Waals surface area contributed by atoms with Crippen LogP contribution in [0.3, 0.4) is 0 Å². The van der Waals surface area contributed by atoms with E-state index in [1.165, 1.54) is 6.33 Å². The van der Waals surface area contributed by atoms with E-state index in [2.05, 4.69) is 39.7 Å². The highest BCUT2D eigenvalue weighted by Gasteiger charge is 2.18. The molecule has 1 atom stereocenters. The number of aromatic nitrogens is 5. The number of ether oxygens (including phenoxy) is 3. The summed E-state index contributed by atoms with van der Waals surface area (Å²) in [6.45, 7) is 2.09. The molecule has 5 aromatic rings. The Kier molecular flexibility index (Phi) is 6.71. The maximum absolute atomic E-state index is 5.46. The zero-order valence-corrected chi connectivity index (χ0v) is 21.0. The molecule has 5 rings (SSSR count). The van der Waals surface area contributed by atoms with Crippen LogP contribution in [0, 0.1) is 0 Å². The second-order valence-electron chi connectivity index (χ2n) is 8.18. The van der Waals surface area contributed by atoms with Crippen LogP contribution in [0.15, 0.2) is 73.1 Å². The smallest absolute Gasteiger partial charge is 0.241 e. The van der Waals surface area contributed by atoms with Gasteiger partial charge >= 0.3 is 0 Å². The highest BCUT2D eigenvalue weighted by molar-refractivity contribution is 5.80. The second kappa shape index (κ2) is 10.4. The number of anilines is 3. The molecule has 0 aliphatic carbocycles. The first-order valence-electron chi connectivity index (χ1n) is 11.7. The Morgan fingerprint density at radius 3 is 2.22 bits per heavy atom. The molecular weight excluding hydrogens is 470 g/mol. The maximum Gasteiger partial charge on any atom is 0.241 e. The van der Waals surface area contributed by atoms with E-state index in [1.807, 2.05) is 47.0 Å². The summed E-state index contributed by atoms with van der Waals surface area (Å²) in [5, 5.41) is 6.72. The standard InChI is InChI=1S/C27H27N7O3/c1-17(18-10-6-5-7-11-18)30-27-32-20-12-8-9-13-21(20)34(27)26-29-16-28-25(33-26)31-19-14-22(35-2)24(37-4)23(15-19)36-3/h5-17H,1-4H3,(H,30,32)(H,28,29,31,33)/t17-/m0/s1. The fourth-order valence-electron chi connectivity index (χ4n) is 4.08. The van der Waals surface area contributed by atoms with Crippen molar-refractivity contribution in [2.75, 3.05) is 32.0 Å². The van der Waals surface area contributed by atoms with Crippen molar-refractivity contribution in [1.82, 2.24) is 24.5 Å². The molecule has 0 fully saturated rings. The lowest BCUT2D eigenvalue weighted by molar-refractivity contribution is 0.324. The Bertz CT molecular complexity index is 1500. The average molecular weight is 498 g/mol. The van der Waals surface area contributed by atoms with Crippen LogP contribution < -0.4 is 24.8 Å². The molecule has 10 nitrogen and oxygen atoms in total. The minimum atomic E-state index is 0.00965. The van der Waals surface area contributed by atoms with Crippen LogP contribution in [0.5, 0.6) is 17.2 Å². The molecule has 2 heterocycles. The van der Waals surface area contributed by atoms with Gasteiger partial charge < -0.3 is 24.8 Å². The molecule has 2 aromatic heterocycles. The van der Waals surface area contributed by atoms with Gasteiger partial charge in [-0.15, -0.1) is 0 Å². The van der Waals surface area contributed by atoms with Crippen molar-refractivity contribution in [2.45, 2.75) is 13.0 Å². The quantitative estimate of drug-likeness (QED) is 0.286. The second-order valence-corrected chi connectivity index (χ2v) is 8.18. The van der Waals surface area contributed by atoms with Gasteiger partial charge in [-0.25, -0.2) is 19.5 Å². The lowest BCUT2D eigenvalue weighted by Crippen LogP contribution is -2.13. The van der Waals surface area contributed by atoms with Gasteiger partial charge in [-0.2, -0.15) is 4.98 Å². The highest BCUT2D eigenvalue weighted by Crippen LogP contribution is 2.40. The van der Waals surface area contributed by atoms with Crippen LogP contribution in [0.2, 0.25) is 0 Å². The van der Waals surface area contributed by atoms with Crippen molar-refractivity contribution in [3.63, 3.8) is 0 Å². The zero-order chi connectivity index (χ0) is 25.8. The number of rotatable bonds is 9. The number of nitrogens with zero attached hydrogens (tertiary/aromatic N) is 5. The average Bonchev–Trinajstić information content (AvgIpc) is 3.30. The van der Waals surface area contributed by atoms with Gasteiger partial charge in [0.25, 0.3) is 0 Å². The largest absolute Gasteiger partial charge is 0.493 e. The summed E-state index contributed by atoms with van der Waals surface area (Å²) in [7, 11) is 4.69. The number of para-hydroxylation sites is 2. The van der Waals surface area contributed by atoms with Gasteiger partial charge in [-0.1, -0.05) is 42.5 Å². The molecule has 0 unspecified atom stereocenters. The van der Waals surface area contributed by atoms with Gasteiger partial charge in [0, 0.05) is 17.8 Å². The summed E-state index contributed by atoms with van der Waals surface area (Å²) in [5.74, 6) is 2.92. The van der Waals surface area contributed by atoms with Crippen LogP contribution in [0.4, 0.5) is 17.6 Å². The summed E-state index contributed by atoms with van der Waals surface area (Å²) in [5.41, 5.74) is 3.50. The fraction of sp³-hybridized carbons (Fsp3) is 0.185. The zero-order valence-electron chi connectivity index (χ0n) is 21.0. The molecule has 0 aliphatic rings. The number of methoxy groups -OCH3 is 3. The minimum absolute atomic E-state index is 0.00965. The van der Waals surface area contributed by atoms with Crippen LogP contribution in [-0.2, 0) is 0 Å². The molecule has 3 aromatic carbocycles. The predicted octanol–water partition coefficient (Wildman–Crippen LogP) is 5.15. The van der Waals surface area contributed by atoms with Gasteiger partial charge in [-0.3, -0.25) is 0 Å². The van der Waals surface area contributed by atoms with Gasteiger partial charge in [-0.05, 0) is 24.6 Å². The topological polar surface area (TPSA) is 108 Å². The van der Waals surface area contributed by atoms with Crippen molar-refractivity contribution in [2.24, 2.45) is 0 Å². The number of fused-ring (bicyclic) bond motifs is 1. The molecule has 0 amide bonds. The van der Waals surface area contributed by atoms with Gasteiger partial charge in [0.15, 0.2) is 11.5 Å². The first-order chi connectivity index (χ1) is 18.1. The molecule has 0 saturated carbocycles. The van der Waals surface area contributed by atoms with E-state index in [9.17, 15) is 0 Å². The monoisotopic (exact) mass is 497 g/mol. The maximum atomic E-state index is 5.46. The van der Waals surface area contributed by atoms with E-state index in [0.29, 0.717) is 40.8 Å². The van der Waals surface area contributed by atoms with E-state index < -0.39 is 0 Å². The number of nitrogens with one attached hydrogen (secondary N) is 2. The summed E-state index contributed by atoms with van der Waals surface area (Å²) in [6.07, 6.45) is 1.46. The third-order valence-electron chi connectivity index (χ3n) is 5.89. The van der Waals surface area contributed by atoms with E-state index >= 15 is 0 Å². The van der Waals surface area contributed by atoms with Crippen LogP contribution >= 0.6 is 0 Å². The lowest BCUT2D eigenvalue weighted by Gasteiger charge is -2.16. The normalized spacial score (nSPS) is 11.7. The van der Waals surface area contributed by atoms with E-state index in [0.717, 1.165) is 16.6 Å².